The van der Waals surface area contributed by atoms with Gasteiger partial charge in [-0.2, -0.15) is 0 Å². The van der Waals surface area contributed by atoms with Crippen LogP contribution in [0.3, 0.4) is 0 Å². The summed E-state index contributed by atoms with van der Waals surface area (Å²) < 4.78 is 6.81. The first-order valence-electron chi connectivity index (χ1n) is 5.89. The van der Waals surface area contributed by atoms with Crippen molar-refractivity contribution in [1.82, 2.24) is 9.55 Å². The first-order chi connectivity index (χ1) is 8.43. The molecule has 1 aromatic rings. The molecular weight excluding hydrogens is 236 g/mol. The number of nitrogens with two attached hydrogens (primary N) is 1. The molecule has 0 aliphatic carbocycles. The highest BCUT2D eigenvalue weighted by molar-refractivity contribution is 5.60. The molecule has 2 heterocycles. The number of hydrogen-bond acceptors (Lipinski definition) is 5. The SMILES string of the molecule is Cn1c(N)c(NCC2(C)CCCO2)c(=O)[nH]c1=O. The van der Waals surface area contributed by atoms with Crippen molar-refractivity contribution >= 4 is 11.5 Å². The van der Waals surface area contributed by atoms with Gasteiger partial charge in [-0.3, -0.25) is 14.3 Å². The molecule has 1 aromatic heterocycles. The number of aromatic nitrogens is 2. The first-order valence-corrected chi connectivity index (χ1v) is 5.89. The monoisotopic (exact) mass is 254 g/mol. The summed E-state index contributed by atoms with van der Waals surface area (Å²) in [6, 6.07) is 0. The lowest BCUT2D eigenvalue weighted by Crippen LogP contribution is -2.37. The van der Waals surface area contributed by atoms with Crippen molar-refractivity contribution in [3.63, 3.8) is 0 Å². The lowest BCUT2D eigenvalue weighted by molar-refractivity contribution is 0.0315. The van der Waals surface area contributed by atoms with Gasteiger partial charge < -0.3 is 15.8 Å². The van der Waals surface area contributed by atoms with Gasteiger partial charge in [0, 0.05) is 20.2 Å². The van der Waals surface area contributed by atoms with E-state index in [1.165, 1.54) is 11.6 Å². The summed E-state index contributed by atoms with van der Waals surface area (Å²) in [6.45, 7) is 3.20. The average molecular weight is 254 g/mol. The summed E-state index contributed by atoms with van der Waals surface area (Å²) in [5, 5.41) is 2.98. The first kappa shape index (κ1) is 12.7. The van der Waals surface area contributed by atoms with E-state index >= 15 is 0 Å². The molecule has 0 amide bonds. The number of rotatable bonds is 3. The van der Waals surface area contributed by atoms with E-state index in [0.717, 1.165) is 19.4 Å². The molecule has 2 rings (SSSR count). The lowest BCUT2D eigenvalue weighted by Gasteiger charge is -2.24. The molecule has 100 valence electrons. The second kappa shape index (κ2) is 4.49. The van der Waals surface area contributed by atoms with E-state index in [1.807, 2.05) is 6.92 Å². The Hall–Kier alpha value is -1.76. The van der Waals surface area contributed by atoms with Gasteiger partial charge in [0.1, 0.15) is 11.5 Å². The molecule has 1 aliphatic heterocycles. The maximum atomic E-state index is 11.7. The number of ether oxygens (including phenoxy) is 1. The van der Waals surface area contributed by atoms with Gasteiger partial charge in [0.2, 0.25) is 0 Å². The molecule has 1 fully saturated rings. The number of hydrogen-bond donors (Lipinski definition) is 3. The lowest BCUT2D eigenvalue weighted by atomic mass is 10.0. The Morgan fingerprint density at radius 2 is 2.28 bits per heavy atom. The minimum Gasteiger partial charge on any atom is -0.383 e. The van der Waals surface area contributed by atoms with Crippen molar-refractivity contribution in [2.45, 2.75) is 25.4 Å². The van der Waals surface area contributed by atoms with E-state index in [1.54, 1.807) is 0 Å². The Labute approximate surface area is 104 Å². The zero-order valence-electron chi connectivity index (χ0n) is 10.6. The van der Waals surface area contributed by atoms with Gasteiger partial charge in [-0.1, -0.05) is 0 Å². The van der Waals surface area contributed by atoms with Crippen LogP contribution in [0, 0.1) is 0 Å². The molecule has 1 unspecified atom stereocenters. The van der Waals surface area contributed by atoms with Crippen LogP contribution in [0.25, 0.3) is 0 Å². The maximum absolute atomic E-state index is 11.7. The summed E-state index contributed by atoms with van der Waals surface area (Å²) in [5.74, 6) is 0.130. The quantitative estimate of drug-likeness (QED) is 0.683. The van der Waals surface area contributed by atoms with Crippen molar-refractivity contribution in [3.05, 3.63) is 20.8 Å². The maximum Gasteiger partial charge on any atom is 0.329 e. The summed E-state index contributed by atoms with van der Waals surface area (Å²) in [4.78, 5) is 25.2. The fourth-order valence-electron chi connectivity index (χ4n) is 2.06. The molecule has 1 saturated heterocycles. The Balaban J connectivity index is 2.22. The van der Waals surface area contributed by atoms with Crippen molar-refractivity contribution in [2.24, 2.45) is 7.05 Å². The van der Waals surface area contributed by atoms with Gasteiger partial charge in [-0.15, -0.1) is 0 Å². The van der Waals surface area contributed by atoms with E-state index in [9.17, 15) is 9.59 Å². The molecule has 0 saturated carbocycles. The fourth-order valence-corrected chi connectivity index (χ4v) is 2.06. The number of nitrogens with zero attached hydrogens (tertiary/aromatic N) is 1. The van der Waals surface area contributed by atoms with Gasteiger partial charge in [0.15, 0.2) is 0 Å². The standard InChI is InChI=1S/C11H18N4O3/c1-11(4-3-5-18-11)6-13-7-8(12)15(2)10(17)14-9(7)16/h13H,3-6,12H2,1-2H3,(H,14,16,17). The highest BCUT2D eigenvalue weighted by Crippen LogP contribution is 2.25. The van der Waals surface area contributed by atoms with Crippen molar-refractivity contribution < 1.29 is 4.74 Å². The van der Waals surface area contributed by atoms with E-state index in [4.69, 9.17) is 10.5 Å². The zero-order chi connectivity index (χ0) is 13.3. The van der Waals surface area contributed by atoms with Crippen LogP contribution in [0.2, 0.25) is 0 Å². The van der Waals surface area contributed by atoms with E-state index in [-0.39, 0.29) is 17.1 Å². The van der Waals surface area contributed by atoms with E-state index in [2.05, 4.69) is 10.3 Å². The van der Waals surface area contributed by atoms with Gasteiger partial charge in [0.25, 0.3) is 5.56 Å². The van der Waals surface area contributed by atoms with Crippen LogP contribution in [-0.2, 0) is 11.8 Å². The number of nitrogen functional groups attached to an aromatic ring is 1. The third-order valence-corrected chi connectivity index (χ3v) is 3.31. The van der Waals surface area contributed by atoms with Gasteiger partial charge in [-0.25, -0.2) is 4.79 Å². The zero-order valence-corrected chi connectivity index (χ0v) is 10.6. The topological polar surface area (TPSA) is 102 Å². The summed E-state index contributed by atoms with van der Waals surface area (Å²) >= 11 is 0. The summed E-state index contributed by atoms with van der Waals surface area (Å²) in [7, 11) is 1.51. The highest BCUT2D eigenvalue weighted by Gasteiger charge is 2.30. The summed E-state index contributed by atoms with van der Waals surface area (Å²) in [6.07, 6.45) is 1.95. The Morgan fingerprint density at radius 1 is 1.56 bits per heavy atom. The van der Waals surface area contributed by atoms with Crippen LogP contribution >= 0.6 is 0 Å². The second-order valence-electron chi connectivity index (χ2n) is 4.83. The molecule has 0 spiro atoms. The highest BCUT2D eigenvalue weighted by atomic mass is 16.5. The van der Waals surface area contributed by atoms with Gasteiger partial charge in [0.05, 0.1) is 5.60 Å². The molecule has 7 heteroatoms. The second-order valence-corrected chi connectivity index (χ2v) is 4.83. The number of aromatic amines is 1. The third-order valence-electron chi connectivity index (χ3n) is 3.31. The molecule has 1 aliphatic rings. The molecular formula is C11H18N4O3. The number of nitrogens with one attached hydrogen (secondary N) is 2. The Kier molecular flexibility index (Phi) is 3.16. The van der Waals surface area contributed by atoms with Crippen molar-refractivity contribution in [3.8, 4) is 0 Å². The van der Waals surface area contributed by atoms with Gasteiger partial charge in [-0.05, 0) is 19.8 Å². The number of anilines is 2. The van der Waals surface area contributed by atoms with Crippen LogP contribution < -0.4 is 22.3 Å². The van der Waals surface area contributed by atoms with Crippen LogP contribution in [0.5, 0.6) is 0 Å². The molecule has 7 nitrogen and oxygen atoms in total. The fraction of sp³-hybridized carbons (Fsp3) is 0.636. The van der Waals surface area contributed by atoms with Crippen molar-refractivity contribution in [1.29, 1.82) is 0 Å². The average Bonchev–Trinajstić information content (AvgIpc) is 2.73. The van der Waals surface area contributed by atoms with E-state index in [0.29, 0.717) is 6.54 Å². The van der Waals surface area contributed by atoms with E-state index < -0.39 is 11.2 Å². The van der Waals surface area contributed by atoms with Crippen molar-refractivity contribution in [2.75, 3.05) is 24.2 Å². The van der Waals surface area contributed by atoms with Crippen LogP contribution in [0.15, 0.2) is 9.59 Å². The molecule has 0 radical (unpaired) electrons. The number of H-pyrrole nitrogens is 1. The van der Waals surface area contributed by atoms with Crippen LogP contribution in [0.4, 0.5) is 11.5 Å². The van der Waals surface area contributed by atoms with Crippen LogP contribution in [-0.4, -0.2) is 28.3 Å². The van der Waals surface area contributed by atoms with Crippen LogP contribution in [0.1, 0.15) is 19.8 Å². The summed E-state index contributed by atoms with van der Waals surface area (Å²) in [5.41, 5.74) is 4.66. The molecule has 0 bridgehead atoms. The Bertz CT molecular complexity index is 554. The minimum absolute atomic E-state index is 0.130. The normalized spacial score (nSPS) is 23.2. The largest absolute Gasteiger partial charge is 0.383 e. The van der Waals surface area contributed by atoms with Gasteiger partial charge >= 0.3 is 5.69 Å². The molecule has 0 aromatic carbocycles. The molecule has 1 atom stereocenters. The molecule has 18 heavy (non-hydrogen) atoms. The Morgan fingerprint density at radius 3 is 2.89 bits per heavy atom. The minimum atomic E-state index is -0.522. The predicted molar refractivity (Wildman–Crippen MR) is 68.8 cm³/mol. The third kappa shape index (κ3) is 2.26. The molecule has 4 N–H and O–H groups in total. The predicted octanol–water partition coefficient (Wildman–Crippen LogP) is -0.363. The smallest absolute Gasteiger partial charge is 0.329 e.